The van der Waals surface area contributed by atoms with Gasteiger partial charge in [0, 0.05) is 17.5 Å². The van der Waals surface area contributed by atoms with Crippen LogP contribution in [-0.4, -0.2) is 12.4 Å². The van der Waals surface area contributed by atoms with Crippen molar-refractivity contribution < 1.29 is 9.53 Å². The van der Waals surface area contributed by atoms with E-state index in [9.17, 15) is 4.79 Å². The van der Waals surface area contributed by atoms with Gasteiger partial charge in [-0.05, 0) is 24.1 Å². The van der Waals surface area contributed by atoms with Gasteiger partial charge < -0.3 is 4.74 Å². The highest BCUT2D eigenvalue weighted by molar-refractivity contribution is 5.98. The van der Waals surface area contributed by atoms with Crippen LogP contribution in [0.25, 0.3) is 11.1 Å². The molecule has 0 aromatic heterocycles. The van der Waals surface area contributed by atoms with Crippen LogP contribution < -0.4 is 4.74 Å². The lowest BCUT2D eigenvalue weighted by Crippen LogP contribution is -2.05. The lowest BCUT2D eigenvalue weighted by molar-refractivity contribution is 0.0993. The van der Waals surface area contributed by atoms with Gasteiger partial charge in [-0.25, -0.2) is 0 Å². The van der Waals surface area contributed by atoms with Gasteiger partial charge in [-0.3, -0.25) is 4.79 Å². The quantitative estimate of drug-likeness (QED) is 0.586. The largest absolute Gasteiger partial charge is 0.493 e. The third-order valence-corrected chi connectivity index (χ3v) is 3.94. The van der Waals surface area contributed by atoms with Crippen molar-refractivity contribution in [3.8, 4) is 16.9 Å². The van der Waals surface area contributed by atoms with E-state index in [1.54, 1.807) is 0 Å². The third-order valence-electron chi connectivity index (χ3n) is 3.94. The predicted octanol–water partition coefficient (Wildman–Crippen LogP) is 5.18. The van der Waals surface area contributed by atoms with E-state index in [4.69, 9.17) is 4.74 Å². The van der Waals surface area contributed by atoms with E-state index in [0.29, 0.717) is 13.0 Å². The van der Waals surface area contributed by atoms with Crippen LogP contribution in [0.4, 0.5) is 0 Å². The minimum Gasteiger partial charge on any atom is -0.493 e. The highest BCUT2D eigenvalue weighted by Gasteiger charge is 2.13. The van der Waals surface area contributed by atoms with Crippen molar-refractivity contribution in [1.29, 1.82) is 0 Å². The smallest absolute Gasteiger partial charge is 0.167 e. The number of hydrogen-bond donors (Lipinski definition) is 0. The van der Waals surface area contributed by atoms with E-state index in [1.165, 1.54) is 0 Å². The van der Waals surface area contributed by atoms with Gasteiger partial charge in [-0.2, -0.15) is 0 Å². The zero-order valence-electron chi connectivity index (χ0n) is 13.7. The predicted molar refractivity (Wildman–Crippen MR) is 97.5 cm³/mol. The highest BCUT2D eigenvalue weighted by Crippen LogP contribution is 2.32. The summed E-state index contributed by atoms with van der Waals surface area (Å²) in [4.78, 5) is 12.6. The zero-order chi connectivity index (χ0) is 16.8. The number of ether oxygens (including phenoxy) is 1. The van der Waals surface area contributed by atoms with Crippen LogP contribution in [0.1, 0.15) is 22.8 Å². The Morgan fingerprint density at radius 1 is 0.792 bits per heavy atom. The number of para-hydroxylation sites is 1. The molecular weight excluding hydrogens is 296 g/mol. The molecule has 120 valence electrons. The van der Waals surface area contributed by atoms with Crippen molar-refractivity contribution >= 4 is 5.78 Å². The van der Waals surface area contributed by atoms with E-state index >= 15 is 0 Å². The maximum atomic E-state index is 12.6. The summed E-state index contributed by atoms with van der Waals surface area (Å²) in [6.07, 6.45) is 0.376. The van der Waals surface area contributed by atoms with E-state index in [1.807, 2.05) is 85.8 Å². The number of rotatable bonds is 6. The fraction of sp³-hybridized carbons (Fsp3) is 0.136. The Hall–Kier alpha value is -2.87. The molecule has 0 radical (unpaired) electrons. The van der Waals surface area contributed by atoms with Crippen LogP contribution in [0, 0.1) is 0 Å². The Bertz CT molecular complexity index is 822. The number of carbonyl (C=O) groups excluding carboxylic acids is 1. The molecule has 0 heterocycles. The molecule has 0 aliphatic carbocycles. The maximum absolute atomic E-state index is 12.6. The Labute approximate surface area is 142 Å². The van der Waals surface area contributed by atoms with E-state index < -0.39 is 0 Å². The highest BCUT2D eigenvalue weighted by atomic mass is 16.5. The minimum atomic E-state index is 0.122. The van der Waals surface area contributed by atoms with E-state index in [0.717, 1.165) is 28.0 Å². The second kappa shape index (κ2) is 7.60. The average Bonchev–Trinajstić information content (AvgIpc) is 2.64. The first-order valence-corrected chi connectivity index (χ1v) is 8.18. The fourth-order valence-electron chi connectivity index (χ4n) is 2.81. The van der Waals surface area contributed by atoms with Gasteiger partial charge in [0.05, 0.1) is 6.61 Å². The lowest BCUT2D eigenvalue weighted by Gasteiger charge is -2.14. The summed E-state index contributed by atoms with van der Waals surface area (Å²) >= 11 is 0. The number of hydrogen-bond acceptors (Lipinski definition) is 2. The fourth-order valence-corrected chi connectivity index (χ4v) is 2.81. The third kappa shape index (κ3) is 3.54. The van der Waals surface area contributed by atoms with Crippen molar-refractivity contribution in [3.05, 3.63) is 90.0 Å². The molecule has 0 bridgehead atoms. The van der Waals surface area contributed by atoms with E-state index in [2.05, 4.69) is 0 Å². The zero-order valence-corrected chi connectivity index (χ0v) is 13.7. The molecule has 2 heteroatoms. The molecule has 0 spiro atoms. The summed E-state index contributed by atoms with van der Waals surface area (Å²) in [6.45, 7) is 2.59. The van der Waals surface area contributed by atoms with Gasteiger partial charge in [-0.15, -0.1) is 0 Å². The van der Waals surface area contributed by atoms with Crippen LogP contribution >= 0.6 is 0 Å². The number of benzene rings is 3. The first kappa shape index (κ1) is 16.0. The molecule has 0 amide bonds. The Morgan fingerprint density at radius 3 is 2.17 bits per heavy atom. The Kier molecular flexibility index (Phi) is 5.07. The average molecular weight is 316 g/mol. The second-order valence-corrected chi connectivity index (χ2v) is 5.55. The Morgan fingerprint density at radius 2 is 1.42 bits per heavy atom. The van der Waals surface area contributed by atoms with Crippen LogP contribution in [0.5, 0.6) is 5.75 Å². The molecule has 0 aliphatic rings. The molecule has 0 atom stereocenters. The first-order chi connectivity index (χ1) is 11.8. The van der Waals surface area contributed by atoms with Gasteiger partial charge in [0.25, 0.3) is 0 Å². The normalized spacial score (nSPS) is 10.4. The van der Waals surface area contributed by atoms with Crippen LogP contribution in [-0.2, 0) is 6.42 Å². The number of ketones is 1. The van der Waals surface area contributed by atoms with Crippen LogP contribution in [0.3, 0.4) is 0 Å². The molecule has 24 heavy (non-hydrogen) atoms. The monoisotopic (exact) mass is 316 g/mol. The molecule has 0 saturated carbocycles. The van der Waals surface area contributed by atoms with Gasteiger partial charge in [-0.1, -0.05) is 72.8 Å². The molecule has 3 aromatic carbocycles. The molecule has 0 saturated heterocycles. The van der Waals surface area contributed by atoms with Crippen molar-refractivity contribution in [1.82, 2.24) is 0 Å². The van der Waals surface area contributed by atoms with Gasteiger partial charge in [0.2, 0.25) is 0 Å². The molecule has 2 nitrogen and oxygen atoms in total. The summed E-state index contributed by atoms with van der Waals surface area (Å²) in [5.41, 5.74) is 3.82. The molecule has 0 N–H and O–H groups in total. The summed E-state index contributed by atoms with van der Waals surface area (Å²) < 4.78 is 5.75. The summed E-state index contributed by atoms with van der Waals surface area (Å²) in [7, 11) is 0. The SMILES string of the molecule is CCOc1ccccc1-c1ccccc1CC(=O)c1ccccc1. The molecular formula is C22H20O2. The van der Waals surface area contributed by atoms with Gasteiger partial charge in [0.15, 0.2) is 5.78 Å². The summed E-state index contributed by atoms with van der Waals surface area (Å²) in [5, 5.41) is 0. The summed E-state index contributed by atoms with van der Waals surface area (Å²) in [5.74, 6) is 0.969. The van der Waals surface area contributed by atoms with E-state index in [-0.39, 0.29) is 5.78 Å². The van der Waals surface area contributed by atoms with Crippen molar-refractivity contribution in [2.45, 2.75) is 13.3 Å². The van der Waals surface area contributed by atoms with Crippen LogP contribution in [0.15, 0.2) is 78.9 Å². The molecule has 3 rings (SSSR count). The number of carbonyl (C=O) groups is 1. The summed E-state index contributed by atoms with van der Waals surface area (Å²) in [6, 6.07) is 25.4. The van der Waals surface area contributed by atoms with Crippen molar-refractivity contribution in [2.24, 2.45) is 0 Å². The second-order valence-electron chi connectivity index (χ2n) is 5.55. The minimum absolute atomic E-state index is 0.122. The first-order valence-electron chi connectivity index (χ1n) is 8.18. The topological polar surface area (TPSA) is 26.3 Å². The van der Waals surface area contributed by atoms with Gasteiger partial charge >= 0.3 is 0 Å². The molecule has 0 unspecified atom stereocenters. The Balaban J connectivity index is 1.96. The molecule has 0 fully saturated rings. The van der Waals surface area contributed by atoms with Crippen molar-refractivity contribution in [3.63, 3.8) is 0 Å². The molecule has 3 aromatic rings. The maximum Gasteiger partial charge on any atom is 0.167 e. The lowest BCUT2D eigenvalue weighted by atomic mass is 9.94. The van der Waals surface area contributed by atoms with Gasteiger partial charge in [0.1, 0.15) is 5.75 Å². The van der Waals surface area contributed by atoms with Crippen molar-refractivity contribution in [2.75, 3.05) is 6.61 Å². The van der Waals surface area contributed by atoms with Crippen LogP contribution in [0.2, 0.25) is 0 Å². The number of Topliss-reactive ketones (excluding diaryl/α,β-unsaturated/α-hetero) is 1. The molecule has 0 aliphatic heterocycles. The standard InChI is InChI=1S/C22H20O2/c1-2-24-22-15-9-8-14-20(22)19-13-7-6-12-18(19)16-21(23)17-10-4-3-5-11-17/h3-15H,2,16H2,1H3.